The number of carbonyl (C=O) groups is 1. The predicted molar refractivity (Wildman–Crippen MR) is 84.0 cm³/mol. The fourth-order valence-corrected chi connectivity index (χ4v) is 4.25. The van der Waals surface area contributed by atoms with Crippen LogP contribution in [0.4, 0.5) is 0 Å². The van der Waals surface area contributed by atoms with Gasteiger partial charge < -0.3 is 20.7 Å². The molecule has 122 valence electrons. The highest BCUT2D eigenvalue weighted by Gasteiger charge is 2.46. The quantitative estimate of drug-likeness (QED) is 0.739. The zero-order valence-electron chi connectivity index (χ0n) is 13.7. The van der Waals surface area contributed by atoms with E-state index in [1.54, 1.807) is 0 Å². The predicted octanol–water partition coefficient (Wildman–Crippen LogP) is 1.12. The third kappa shape index (κ3) is 3.41. The standard InChI is InChI=1S/C16H31N3O2/c1-4-18-16(15(17)20)9-5-6-13(16)7-10-19(3)14-8-11-21-12(14)2/h12-14,18H,4-11H2,1-3H3,(H2,17,20). The molecule has 0 aromatic heterocycles. The van der Waals surface area contributed by atoms with Crippen LogP contribution in [0, 0.1) is 5.92 Å². The molecule has 2 aliphatic rings. The Morgan fingerprint density at radius 3 is 2.81 bits per heavy atom. The normalized spacial score (nSPS) is 36.5. The molecule has 1 amide bonds. The first-order chi connectivity index (χ1) is 10.0. The molecule has 1 saturated carbocycles. The molecule has 0 aromatic rings. The van der Waals surface area contributed by atoms with Crippen LogP contribution in [0.1, 0.15) is 46.0 Å². The molecule has 21 heavy (non-hydrogen) atoms. The van der Waals surface area contributed by atoms with E-state index in [0.29, 0.717) is 18.1 Å². The van der Waals surface area contributed by atoms with Crippen LogP contribution in [-0.4, -0.2) is 55.2 Å². The minimum absolute atomic E-state index is 0.174. The van der Waals surface area contributed by atoms with E-state index in [2.05, 4.69) is 24.2 Å². The van der Waals surface area contributed by atoms with Crippen molar-refractivity contribution in [1.29, 1.82) is 0 Å². The van der Waals surface area contributed by atoms with E-state index in [1.807, 2.05) is 6.92 Å². The lowest BCUT2D eigenvalue weighted by molar-refractivity contribution is -0.126. The third-order valence-corrected chi connectivity index (χ3v) is 5.49. The summed E-state index contributed by atoms with van der Waals surface area (Å²) in [5.41, 5.74) is 5.25. The molecule has 0 radical (unpaired) electrons. The lowest BCUT2D eigenvalue weighted by Crippen LogP contribution is -2.58. The van der Waals surface area contributed by atoms with Gasteiger partial charge in [0.05, 0.1) is 6.10 Å². The number of likely N-dealkylation sites (N-methyl/N-ethyl adjacent to an activating group) is 2. The van der Waals surface area contributed by atoms with Crippen LogP contribution in [0.25, 0.3) is 0 Å². The summed E-state index contributed by atoms with van der Waals surface area (Å²) in [5.74, 6) is 0.182. The first-order valence-electron chi connectivity index (χ1n) is 8.38. The number of nitrogens with two attached hydrogens (primary N) is 1. The van der Waals surface area contributed by atoms with Gasteiger partial charge in [-0.2, -0.15) is 0 Å². The molecule has 4 unspecified atom stereocenters. The maximum atomic E-state index is 12.0. The second kappa shape index (κ2) is 7.07. The molecular formula is C16H31N3O2. The maximum absolute atomic E-state index is 12.0. The van der Waals surface area contributed by atoms with Crippen molar-refractivity contribution in [2.45, 2.75) is 63.6 Å². The molecule has 5 nitrogen and oxygen atoms in total. The molecule has 1 aliphatic heterocycles. The zero-order valence-corrected chi connectivity index (χ0v) is 13.7. The van der Waals surface area contributed by atoms with E-state index in [0.717, 1.165) is 51.8 Å². The van der Waals surface area contributed by atoms with Gasteiger partial charge in [-0.1, -0.05) is 13.3 Å². The number of amides is 1. The molecule has 1 aliphatic carbocycles. The van der Waals surface area contributed by atoms with Gasteiger partial charge in [0, 0.05) is 12.6 Å². The molecule has 2 fully saturated rings. The largest absolute Gasteiger partial charge is 0.377 e. The molecule has 2 rings (SSSR count). The highest BCUT2D eigenvalue weighted by Crippen LogP contribution is 2.38. The Morgan fingerprint density at radius 2 is 2.24 bits per heavy atom. The first-order valence-corrected chi connectivity index (χ1v) is 8.38. The van der Waals surface area contributed by atoms with Gasteiger partial charge in [0.15, 0.2) is 0 Å². The van der Waals surface area contributed by atoms with Crippen molar-refractivity contribution in [2.75, 3.05) is 26.7 Å². The fraction of sp³-hybridized carbons (Fsp3) is 0.938. The number of nitrogens with one attached hydrogen (secondary N) is 1. The smallest absolute Gasteiger partial charge is 0.238 e. The number of ether oxygens (including phenoxy) is 1. The van der Waals surface area contributed by atoms with Crippen molar-refractivity contribution in [1.82, 2.24) is 10.2 Å². The van der Waals surface area contributed by atoms with Crippen molar-refractivity contribution in [3.63, 3.8) is 0 Å². The van der Waals surface area contributed by atoms with E-state index >= 15 is 0 Å². The van der Waals surface area contributed by atoms with E-state index in [9.17, 15) is 4.79 Å². The Hall–Kier alpha value is -0.650. The van der Waals surface area contributed by atoms with Gasteiger partial charge in [0.2, 0.25) is 5.91 Å². The Kier molecular flexibility index (Phi) is 5.63. The molecule has 1 saturated heterocycles. The third-order valence-electron chi connectivity index (χ3n) is 5.49. The van der Waals surface area contributed by atoms with E-state index in [4.69, 9.17) is 10.5 Å². The van der Waals surface area contributed by atoms with Crippen LogP contribution < -0.4 is 11.1 Å². The summed E-state index contributed by atoms with van der Waals surface area (Å²) in [4.78, 5) is 14.4. The lowest BCUT2D eigenvalue weighted by Gasteiger charge is -2.35. The summed E-state index contributed by atoms with van der Waals surface area (Å²) in [6, 6.07) is 0.508. The van der Waals surface area contributed by atoms with Gasteiger partial charge in [0.1, 0.15) is 5.54 Å². The number of rotatable bonds is 7. The van der Waals surface area contributed by atoms with Crippen molar-refractivity contribution in [3.05, 3.63) is 0 Å². The number of carbonyl (C=O) groups excluding carboxylic acids is 1. The second-order valence-corrected chi connectivity index (χ2v) is 6.66. The van der Waals surface area contributed by atoms with Crippen molar-refractivity contribution >= 4 is 5.91 Å². The molecule has 0 bridgehead atoms. The molecular weight excluding hydrogens is 266 g/mol. The average molecular weight is 297 g/mol. The Labute approximate surface area is 128 Å². The van der Waals surface area contributed by atoms with E-state index < -0.39 is 5.54 Å². The van der Waals surface area contributed by atoms with Gasteiger partial charge in [-0.05, 0) is 58.7 Å². The number of nitrogens with zero attached hydrogens (tertiary/aromatic N) is 1. The van der Waals surface area contributed by atoms with Crippen LogP contribution in [0.3, 0.4) is 0 Å². The Balaban J connectivity index is 1.93. The lowest BCUT2D eigenvalue weighted by atomic mass is 9.83. The van der Waals surface area contributed by atoms with Crippen molar-refractivity contribution in [3.8, 4) is 0 Å². The second-order valence-electron chi connectivity index (χ2n) is 6.66. The van der Waals surface area contributed by atoms with Crippen LogP contribution in [0.2, 0.25) is 0 Å². The Morgan fingerprint density at radius 1 is 1.48 bits per heavy atom. The van der Waals surface area contributed by atoms with Crippen molar-refractivity contribution < 1.29 is 9.53 Å². The molecule has 5 heteroatoms. The Bertz CT molecular complexity index is 363. The fourth-order valence-electron chi connectivity index (χ4n) is 4.25. The molecule has 1 heterocycles. The van der Waals surface area contributed by atoms with E-state index in [1.165, 1.54) is 0 Å². The summed E-state index contributed by atoms with van der Waals surface area (Å²) in [6.45, 7) is 6.86. The summed E-state index contributed by atoms with van der Waals surface area (Å²) >= 11 is 0. The van der Waals surface area contributed by atoms with Gasteiger partial charge >= 0.3 is 0 Å². The van der Waals surface area contributed by atoms with Gasteiger partial charge in [-0.3, -0.25) is 4.79 Å². The minimum Gasteiger partial charge on any atom is -0.377 e. The van der Waals surface area contributed by atoms with Gasteiger partial charge in [-0.15, -0.1) is 0 Å². The number of hydrogen-bond donors (Lipinski definition) is 2. The van der Waals surface area contributed by atoms with Crippen molar-refractivity contribution in [2.24, 2.45) is 11.7 Å². The molecule has 3 N–H and O–H groups in total. The van der Waals surface area contributed by atoms with Gasteiger partial charge in [-0.25, -0.2) is 0 Å². The van der Waals surface area contributed by atoms with Crippen LogP contribution in [0.5, 0.6) is 0 Å². The van der Waals surface area contributed by atoms with Crippen LogP contribution in [0.15, 0.2) is 0 Å². The SMILES string of the molecule is CCNC1(C(N)=O)CCCC1CCN(C)C1CCOC1C. The van der Waals surface area contributed by atoms with Crippen LogP contribution >= 0.6 is 0 Å². The molecule has 0 aromatic carbocycles. The average Bonchev–Trinajstić information content (AvgIpc) is 3.04. The molecule has 0 spiro atoms. The summed E-state index contributed by atoms with van der Waals surface area (Å²) in [6.07, 6.45) is 5.51. The highest BCUT2D eigenvalue weighted by atomic mass is 16.5. The summed E-state index contributed by atoms with van der Waals surface area (Å²) in [7, 11) is 2.17. The first kappa shape index (κ1) is 16.7. The monoisotopic (exact) mass is 297 g/mol. The zero-order chi connectivity index (χ0) is 15.5. The van der Waals surface area contributed by atoms with Crippen LogP contribution in [-0.2, 0) is 9.53 Å². The van der Waals surface area contributed by atoms with E-state index in [-0.39, 0.29) is 5.91 Å². The number of hydrogen-bond acceptors (Lipinski definition) is 4. The van der Waals surface area contributed by atoms with Gasteiger partial charge in [0.25, 0.3) is 0 Å². The topological polar surface area (TPSA) is 67.6 Å². The summed E-state index contributed by atoms with van der Waals surface area (Å²) < 4.78 is 5.65. The number of primary amides is 1. The highest BCUT2D eigenvalue weighted by molar-refractivity contribution is 5.85. The minimum atomic E-state index is -0.479. The maximum Gasteiger partial charge on any atom is 0.238 e. The summed E-state index contributed by atoms with van der Waals surface area (Å²) in [5, 5.41) is 3.39. The molecule has 4 atom stereocenters.